The first kappa shape index (κ1) is 19.3. The minimum absolute atomic E-state index is 0.208. The molecule has 0 bridgehead atoms. The van der Waals surface area contributed by atoms with Crippen LogP contribution < -0.4 is 10.6 Å². The number of unbranched alkanes of at least 4 members (excludes halogenated alkanes) is 1. The molecule has 3 rings (SSSR count). The number of pyridine rings is 1. The quantitative estimate of drug-likeness (QED) is 0.617. The van der Waals surface area contributed by atoms with Crippen LogP contribution in [0.4, 0.5) is 10.5 Å². The first-order valence-corrected chi connectivity index (χ1v) is 9.20. The van der Waals surface area contributed by atoms with Gasteiger partial charge in [0.15, 0.2) is 5.65 Å². The van der Waals surface area contributed by atoms with Gasteiger partial charge in [0.1, 0.15) is 0 Å². The zero-order valence-corrected chi connectivity index (χ0v) is 16.1. The predicted molar refractivity (Wildman–Crippen MR) is 105 cm³/mol. The van der Waals surface area contributed by atoms with Crippen LogP contribution in [0, 0.1) is 0 Å². The number of carbonyl (C=O) groups excluding carboxylic acids is 1. The van der Waals surface area contributed by atoms with Crippen molar-refractivity contribution in [3.63, 3.8) is 0 Å². The SMILES string of the molecule is CCCCOC(=O)N(Cc1ccc(Cl)c(Cl)c1)c1ccc2n[nH]c(=O)n2c1. The molecule has 2 heterocycles. The minimum Gasteiger partial charge on any atom is -0.449 e. The summed E-state index contributed by atoms with van der Waals surface area (Å²) in [6, 6.07) is 8.49. The van der Waals surface area contributed by atoms with Crippen molar-refractivity contribution in [1.29, 1.82) is 0 Å². The largest absolute Gasteiger partial charge is 0.449 e. The van der Waals surface area contributed by atoms with Gasteiger partial charge in [-0.3, -0.25) is 4.90 Å². The maximum atomic E-state index is 12.7. The average molecular weight is 409 g/mol. The molecule has 2 aromatic heterocycles. The summed E-state index contributed by atoms with van der Waals surface area (Å²) in [6.07, 6.45) is 2.72. The molecular formula is C18H18Cl2N4O3. The number of aromatic nitrogens is 3. The van der Waals surface area contributed by atoms with E-state index in [1.165, 1.54) is 9.30 Å². The highest BCUT2D eigenvalue weighted by Gasteiger charge is 2.19. The van der Waals surface area contributed by atoms with E-state index in [2.05, 4.69) is 10.2 Å². The van der Waals surface area contributed by atoms with E-state index in [9.17, 15) is 9.59 Å². The number of hydrogen-bond acceptors (Lipinski definition) is 4. The van der Waals surface area contributed by atoms with Gasteiger partial charge in [-0.1, -0.05) is 42.6 Å². The molecule has 1 aromatic carbocycles. The minimum atomic E-state index is -0.509. The molecule has 0 aliphatic heterocycles. The molecular weight excluding hydrogens is 391 g/mol. The summed E-state index contributed by atoms with van der Waals surface area (Å²) in [5, 5.41) is 7.09. The number of nitrogens with zero attached hydrogens (tertiary/aromatic N) is 3. The van der Waals surface area contributed by atoms with Gasteiger partial charge in [0.2, 0.25) is 0 Å². The lowest BCUT2D eigenvalue weighted by molar-refractivity contribution is 0.151. The Morgan fingerprint density at radius 1 is 1.26 bits per heavy atom. The van der Waals surface area contributed by atoms with Crippen molar-refractivity contribution in [3.8, 4) is 0 Å². The van der Waals surface area contributed by atoms with E-state index in [0.717, 1.165) is 18.4 Å². The van der Waals surface area contributed by atoms with Gasteiger partial charge in [-0.2, -0.15) is 5.10 Å². The number of fused-ring (bicyclic) bond motifs is 1. The molecule has 0 saturated heterocycles. The van der Waals surface area contributed by atoms with E-state index < -0.39 is 6.09 Å². The lowest BCUT2D eigenvalue weighted by Gasteiger charge is -2.22. The molecule has 0 atom stereocenters. The van der Waals surface area contributed by atoms with Crippen molar-refractivity contribution in [2.24, 2.45) is 0 Å². The molecule has 0 aliphatic carbocycles. The molecule has 7 nitrogen and oxygen atoms in total. The molecule has 0 spiro atoms. The van der Waals surface area contributed by atoms with Crippen LogP contribution in [0.15, 0.2) is 41.3 Å². The number of anilines is 1. The summed E-state index contributed by atoms with van der Waals surface area (Å²) >= 11 is 12.1. The highest BCUT2D eigenvalue weighted by Crippen LogP contribution is 2.25. The van der Waals surface area contributed by atoms with Gasteiger partial charge in [-0.15, -0.1) is 0 Å². The van der Waals surface area contributed by atoms with Crippen LogP contribution in [-0.4, -0.2) is 27.3 Å². The number of amides is 1. The van der Waals surface area contributed by atoms with Crippen molar-refractivity contribution in [1.82, 2.24) is 14.6 Å². The standard InChI is InChI=1S/C18H18Cl2N4O3/c1-2-3-8-27-18(26)23(10-12-4-6-14(19)15(20)9-12)13-5-7-16-21-22-17(25)24(16)11-13/h4-7,9,11H,2-3,8,10H2,1H3,(H,22,25). The van der Waals surface area contributed by atoms with Crippen molar-refractivity contribution in [3.05, 3.63) is 62.6 Å². The Morgan fingerprint density at radius 2 is 2.07 bits per heavy atom. The number of hydrogen-bond donors (Lipinski definition) is 1. The zero-order chi connectivity index (χ0) is 19.4. The number of benzene rings is 1. The van der Waals surface area contributed by atoms with E-state index in [0.29, 0.717) is 28.0 Å². The molecule has 3 aromatic rings. The van der Waals surface area contributed by atoms with Gasteiger partial charge >= 0.3 is 11.8 Å². The Morgan fingerprint density at radius 3 is 2.81 bits per heavy atom. The lowest BCUT2D eigenvalue weighted by atomic mass is 10.2. The third kappa shape index (κ3) is 4.43. The third-order valence-corrected chi connectivity index (χ3v) is 4.72. The zero-order valence-electron chi connectivity index (χ0n) is 14.6. The fourth-order valence-corrected chi connectivity index (χ4v) is 2.84. The average Bonchev–Trinajstić information content (AvgIpc) is 3.03. The second-order valence-corrected chi connectivity index (χ2v) is 6.76. The maximum absolute atomic E-state index is 12.7. The Bertz CT molecular complexity index is 1020. The summed E-state index contributed by atoms with van der Waals surface area (Å²) in [5.41, 5.74) is 1.34. The first-order chi connectivity index (χ1) is 13.0. The normalized spacial score (nSPS) is 10.9. The monoisotopic (exact) mass is 408 g/mol. The molecule has 0 radical (unpaired) electrons. The number of H-pyrrole nitrogens is 1. The van der Waals surface area contributed by atoms with E-state index in [-0.39, 0.29) is 12.2 Å². The van der Waals surface area contributed by atoms with Crippen molar-refractivity contribution >= 4 is 40.6 Å². The number of nitrogens with one attached hydrogen (secondary N) is 1. The number of rotatable bonds is 6. The highest BCUT2D eigenvalue weighted by atomic mass is 35.5. The van der Waals surface area contributed by atoms with Crippen molar-refractivity contribution in [2.45, 2.75) is 26.3 Å². The highest BCUT2D eigenvalue weighted by molar-refractivity contribution is 6.42. The fourth-order valence-electron chi connectivity index (χ4n) is 2.52. The molecule has 1 amide bonds. The van der Waals surface area contributed by atoms with E-state index in [4.69, 9.17) is 27.9 Å². The van der Waals surface area contributed by atoms with Gasteiger partial charge in [0.25, 0.3) is 0 Å². The van der Waals surface area contributed by atoms with Gasteiger partial charge in [-0.25, -0.2) is 19.1 Å². The van der Waals surface area contributed by atoms with Crippen LogP contribution in [0.5, 0.6) is 0 Å². The Hall–Kier alpha value is -2.51. The predicted octanol–water partition coefficient (Wildman–Crippen LogP) is 4.27. The Balaban J connectivity index is 1.94. The van der Waals surface area contributed by atoms with Crippen LogP contribution in [-0.2, 0) is 11.3 Å². The molecule has 9 heteroatoms. The molecule has 0 fully saturated rings. The third-order valence-electron chi connectivity index (χ3n) is 3.98. The Kier molecular flexibility index (Phi) is 6.03. The van der Waals surface area contributed by atoms with E-state index >= 15 is 0 Å². The van der Waals surface area contributed by atoms with Crippen LogP contribution in [0.2, 0.25) is 10.0 Å². The number of carbonyl (C=O) groups is 1. The van der Waals surface area contributed by atoms with Gasteiger partial charge in [0, 0.05) is 6.20 Å². The van der Waals surface area contributed by atoms with Gasteiger partial charge in [0.05, 0.1) is 28.9 Å². The second kappa shape index (κ2) is 8.45. The second-order valence-electron chi connectivity index (χ2n) is 5.95. The maximum Gasteiger partial charge on any atom is 0.414 e. The van der Waals surface area contributed by atoms with Gasteiger partial charge in [-0.05, 0) is 36.2 Å². The van der Waals surface area contributed by atoms with Crippen molar-refractivity contribution in [2.75, 3.05) is 11.5 Å². The topological polar surface area (TPSA) is 79.7 Å². The smallest absolute Gasteiger partial charge is 0.414 e. The number of halogens is 2. The van der Waals surface area contributed by atoms with E-state index in [1.54, 1.807) is 36.5 Å². The van der Waals surface area contributed by atoms with E-state index in [1.807, 2.05) is 6.92 Å². The molecule has 142 valence electrons. The number of aromatic amines is 1. The van der Waals surface area contributed by atoms with Crippen LogP contribution in [0.3, 0.4) is 0 Å². The summed E-state index contributed by atoms with van der Waals surface area (Å²) in [4.78, 5) is 26.0. The molecule has 27 heavy (non-hydrogen) atoms. The molecule has 0 saturated carbocycles. The lowest BCUT2D eigenvalue weighted by Crippen LogP contribution is -2.31. The fraction of sp³-hybridized carbons (Fsp3) is 0.278. The van der Waals surface area contributed by atoms with Crippen LogP contribution in [0.25, 0.3) is 5.65 Å². The summed E-state index contributed by atoms with van der Waals surface area (Å²) in [5.74, 6) is 0. The Labute approximate surface area is 165 Å². The van der Waals surface area contributed by atoms with Crippen LogP contribution >= 0.6 is 23.2 Å². The molecule has 0 aliphatic rings. The summed E-state index contributed by atoms with van der Waals surface area (Å²) < 4.78 is 6.70. The first-order valence-electron chi connectivity index (χ1n) is 8.44. The molecule has 0 unspecified atom stereocenters. The summed E-state index contributed by atoms with van der Waals surface area (Å²) in [6.45, 7) is 2.54. The van der Waals surface area contributed by atoms with Crippen molar-refractivity contribution < 1.29 is 9.53 Å². The molecule has 1 N–H and O–H groups in total. The van der Waals surface area contributed by atoms with Gasteiger partial charge < -0.3 is 4.74 Å². The summed E-state index contributed by atoms with van der Waals surface area (Å²) in [7, 11) is 0. The number of ether oxygens (including phenoxy) is 1. The van der Waals surface area contributed by atoms with Crippen LogP contribution in [0.1, 0.15) is 25.3 Å².